The minimum atomic E-state index is 0.156. The third-order valence-electron chi connectivity index (χ3n) is 6.13. The molecule has 2 heterocycles. The molecule has 4 rings (SSSR count). The summed E-state index contributed by atoms with van der Waals surface area (Å²) in [6, 6.07) is 18.3. The first kappa shape index (κ1) is 18.5. The molecule has 0 aromatic heterocycles. The lowest BCUT2D eigenvalue weighted by atomic mass is 9.86. The highest BCUT2D eigenvalue weighted by atomic mass is 35.5. The number of carbonyl (C=O) groups is 1. The fourth-order valence-corrected chi connectivity index (χ4v) is 4.85. The Balaban J connectivity index is 1.44. The van der Waals surface area contributed by atoms with E-state index >= 15 is 0 Å². The molecule has 2 aromatic rings. The summed E-state index contributed by atoms with van der Waals surface area (Å²) in [7, 11) is 0. The number of piperidine rings is 1. The second-order valence-electron chi connectivity index (χ2n) is 7.96. The lowest BCUT2D eigenvalue weighted by molar-refractivity contribution is -0.134. The van der Waals surface area contributed by atoms with Crippen molar-refractivity contribution >= 4 is 17.5 Å². The molecule has 1 amide bonds. The van der Waals surface area contributed by atoms with Crippen molar-refractivity contribution in [3.63, 3.8) is 0 Å². The zero-order valence-corrected chi connectivity index (χ0v) is 16.5. The van der Waals surface area contributed by atoms with Crippen molar-refractivity contribution in [2.45, 2.75) is 44.2 Å². The van der Waals surface area contributed by atoms with Crippen LogP contribution in [0.1, 0.15) is 36.8 Å². The first-order valence-corrected chi connectivity index (χ1v) is 10.3. The van der Waals surface area contributed by atoms with E-state index in [4.69, 9.17) is 11.6 Å². The van der Waals surface area contributed by atoms with Gasteiger partial charge in [-0.2, -0.15) is 0 Å². The molecule has 1 atom stereocenters. The Kier molecular flexibility index (Phi) is 5.51. The second-order valence-corrected chi connectivity index (χ2v) is 8.39. The summed E-state index contributed by atoms with van der Waals surface area (Å²) in [6.45, 7) is 3.87. The zero-order chi connectivity index (χ0) is 18.7. The highest BCUT2D eigenvalue weighted by Gasteiger charge is 2.44. The van der Waals surface area contributed by atoms with Gasteiger partial charge in [0.25, 0.3) is 0 Å². The number of hydrogen-bond donors (Lipinski definition) is 0. The molecule has 0 aliphatic carbocycles. The van der Waals surface area contributed by atoms with Crippen molar-refractivity contribution in [2.24, 2.45) is 0 Å². The third kappa shape index (κ3) is 4.20. The quantitative estimate of drug-likeness (QED) is 0.775. The van der Waals surface area contributed by atoms with Crippen LogP contribution >= 0.6 is 11.6 Å². The number of hydrogen-bond acceptors (Lipinski definition) is 2. The summed E-state index contributed by atoms with van der Waals surface area (Å²) in [4.78, 5) is 17.7. The molecule has 0 N–H and O–H groups in total. The fraction of sp³-hybridized carbons (Fsp3) is 0.435. The Morgan fingerprint density at radius 2 is 1.63 bits per heavy atom. The molecule has 0 saturated carbocycles. The van der Waals surface area contributed by atoms with Crippen LogP contribution in [-0.4, -0.2) is 40.9 Å². The van der Waals surface area contributed by atoms with E-state index in [1.165, 1.54) is 24.8 Å². The van der Waals surface area contributed by atoms with Gasteiger partial charge in [-0.05, 0) is 55.5 Å². The van der Waals surface area contributed by atoms with Gasteiger partial charge in [0.2, 0.25) is 5.91 Å². The predicted molar refractivity (Wildman–Crippen MR) is 110 cm³/mol. The molecule has 2 aliphatic rings. The minimum Gasteiger partial charge on any atom is -0.341 e. The standard InChI is InChI=1S/C23H27ClN2O/c24-21-10-8-19(9-11-21)16-22(27)25-14-4-12-23(18-25)13-5-15-26(23)17-20-6-2-1-3-7-20/h1-3,6-11H,4-5,12-18H2/t23-/m0/s1. The highest BCUT2D eigenvalue weighted by Crippen LogP contribution is 2.38. The second kappa shape index (κ2) is 8.04. The van der Waals surface area contributed by atoms with Gasteiger partial charge in [0, 0.05) is 30.2 Å². The van der Waals surface area contributed by atoms with Crippen molar-refractivity contribution in [1.82, 2.24) is 9.80 Å². The van der Waals surface area contributed by atoms with Crippen molar-refractivity contribution in [2.75, 3.05) is 19.6 Å². The van der Waals surface area contributed by atoms with Gasteiger partial charge in [-0.1, -0.05) is 54.1 Å². The van der Waals surface area contributed by atoms with E-state index in [-0.39, 0.29) is 11.4 Å². The molecule has 4 heteroatoms. The van der Waals surface area contributed by atoms with Crippen molar-refractivity contribution in [1.29, 1.82) is 0 Å². The molecule has 1 spiro atoms. The number of benzene rings is 2. The van der Waals surface area contributed by atoms with Crippen LogP contribution in [0.2, 0.25) is 5.02 Å². The molecular weight excluding hydrogens is 356 g/mol. The van der Waals surface area contributed by atoms with Gasteiger partial charge >= 0.3 is 0 Å². The molecule has 2 saturated heterocycles. The van der Waals surface area contributed by atoms with Gasteiger partial charge in [0.15, 0.2) is 0 Å². The van der Waals surface area contributed by atoms with Crippen LogP contribution in [0, 0.1) is 0 Å². The molecule has 2 aliphatic heterocycles. The molecule has 142 valence electrons. The minimum absolute atomic E-state index is 0.156. The van der Waals surface area contributed by atoms with Crippen molar-refractivity contribution in [3.05, 3.63) is 70.7 Å². The van der Waals surface area contributed by atoms with Crippen molar-refractivity contribution in [3.8, 4) is 0 Å². The maximum atomic E-state index is 12.9. The van der Waals surface area contributed by atoms with E-state index in [0.717, 1.165) is 38.2 Å². The molecular formula is C23H27ClN2O. The van der Waals surface area contributed by atoms with Gasteiger partial charge in [-0.15, -0.1) is 0 Å². The maximum absolute atomic E-state index is 12.9. The highest BCUT2D eigenvalue weighted by molar-refractivity contribution is 6.30. The molecule has 27 heavy (non-hydrogen) atoms. The lowest BCUT2D eigenvalue weighted by Crippen LogP contribution is -2.56. The number of carbonyl (C=O) groups excluding carboxylic acids is 1. The van der Waals surface area contributed by atoms with Crippen LogP contribution in [-0.2, 0) is 17.8 Å². The number of nitrogens with zero attached hydrogens (tertiary/aromatic N) is 2. The molecule has 0 radical (unpaired) electrons. The normalized spacial score (nSPS) is 23.1. The van der Waals surface area contributed by atoms with Crippen LogP contribution in [0.5, 0.6) is 0 Å². The van der Waals surface area contributed by atoms with Crippen LogP contribution in [0.4, 0.5) is 0 Å². The molecule has 0 bridgehead atoms. The first-order chi connectivity index (χ1) is 13.1. The van der Waals surface area contributed by atoms with Gasteiger partial charge in [0.1, 0.15) is 0 Å². The third-order valence-corrected chi connectivity index (χ3v) is 6.39. The zero-order valence-electron chi connectivity index (χ0n) is 15.7. The summed E-state index contributed by atoms with van der Waals surface area (Å²) in [5, 5.41) is 0.714. The summed E-state index contributed by atoms with van der Waals surface area (Å²) in [6.07, 6.45) is 5.19. The molecule has 2 aromatic carbocycles. The average Bonchev–Trinajstić information content (AvgIpc) is 3.05. The molecule has 3 nitrogen and oxygen atoms in total. The number of halogens is 1. The van der Waals surface area contributed by atoms with Gasteiger partial charge in [-0.3, -0.25) is 9.69 Å². The number of likely N-dealkylation sites (tertiary alicyclic amines) is 2. The predicted octanol–water partition coefficient (Wildman–Crippen LogP) is 4.54. The average molecular weight is 383 g/mol. The summed E-state index contributed by atoms with van der Waals surface area (Å²) < 4.78 is 0. The fourth-order valence-electron chi connectivity index (χ4n) is 4.72. The first-order valence-electron chi connectivity index (χ1n) is 9.96. The SMILES string of the molecule is O=C(Cc1ccc(Cl)cc1)N1CCC[C@]2(CCCN2Cc2ccccc2)C1. The van der Waals surface area contributed by atoms with Crippen molar-refractivity contribution < 1.29 is 4.79 Å². The van der Waals surface area contributed by atoms with E-state index in [2.05, 4.69) is 40.1 Å². The van der Waals surface area contributed by atoms with Gasteiger partial charge in [0.05, 0.1) is 6.42 Å². The van der Waals surface area contributed by atoms with Gasteiger partial charge < -0.3 is 4.90 Å². The van der Waals surface area contributed by atoms with E-state index in [1.807, 2.05) is 24.3 Å². The Morgan fingerprint density at radius 1 is 0.926 bits per heavy atom. The van der Waals surface area contributed by atoms with Crippen LogP contribution in [0.15, 0.2) is 54.6 Å². The van der Waals surface area contributed by atoms with Crippen LogP contribution < -0.4 is 0 Å². The van der Waals surface area contributed by atoms with E-state index < -0.39 is 0 Å². The molecule has 0 unspecified atom stereocenters. The van der Waals surface area contributed by atoms with Gasteiger partial charge in [-0.25, -0.2) is 0 Å². The number of rotatable bonds is 4. The Hall–Kier alpha value is -1.84. The smallest absolute Gasteiger partial charge is 0.227 e. The monoisotopic (exact) mass is 382 g/mol. The summed E-state index contributed by atoms with van der Waals surface area (Å²) >= 11 is 5.96. The van der Waals surface area contributed by atoms with E-state index in [1.54, 1.807) is 0 Å². The Labute approximate surface area is 166 Å². The van der Waals surface area contributed by atoms with E-state index in [9.17, 15) is 4.79 Å². The number of amides is 1. The van der Waals surface area contributed by atoms with E-state index in [0.29, 0.717) is 11.4 Å². The lowest BCUT2D eigenvalue weighted by Gasteiger charge is -2.46. The van der Waals surface area contributed by atoms with Crippen LogP contribution in [0.3, 0.4) is 0 Å². The topological polar surface area (TPSA) is 23.6 Å². The Morgan fingerprint density at radius 3 is 2.37 bits per heavy atom. The van der Waals surface area contributed by atoms with Crippen LogP contribution in [0.25, 0.3) is 0 Å². The summed E-state index contributed by atoms with van der Waals surface area (Å²) in [5.41, 5.74) is 2.56. The molecule has 2 fully saturated rings. The largest absolute Gasteiger partial charge is 0.341 e. The Bertz CT molecular complexity index is 777. The summed E-state index contributed by atoms with van der Waals surface area (Å²) in [5.74, 6) is 0.239. The maximum Gasteiger partial charge on any atom is 0.227 e.